The Balaban J connectivity index is 1.60. The molecule has 1 fully saturated rings. The van der Waals surface area contributed by atoms with Gasteiger partial charge < -0.3 is 9.80 Å². The molecular formula is C22H25N3O4S. The van der Waals surface area contributed by atoms with Crippen LogP contribution in [0.5, 0.6) is 0 Å². The molecule has 0 spiro atoms. The van der Waals surface area contributed by atoms with Crippen molar-refractivity contribution in [3.8, 4) is 0 Å². The average Bonchev–Trinajstić information content (AvgIpc) is 3.34. The third-order valence-electron chi connectivity index (χ3n) is 5.69. The van der Waals surface area contributed by atoms with Crippen LogP contribution in [-0.4, -0.2) is 33.3 Å². The Morgan fingerprint density at radius 3 is 2.57 bits per heavy atom. The lowest BCUT2D eigenvalue weighted by molar-refractivity contribution is -0.118. The molecule has 0 bridgehead atoms. The fourth-order valence-corrected chi connectivity index (χ4v) is 5.18. The molecule has 0 atom stereocenters. The van der Waals surface area contributed by atoms with Crippen molar-refractivity contribution in [1.82, 2.24) is 0 Å². The lowest BCUT2D eigenvalue weighted by atomic mass is 10.1. The zero-order chi connectivity index (χ0) is 21.5. The van der Waals surface area contributed by atoms with Gasteiger partial charge in [0.15, 0.2) is 0 Å². The number of anilines is 3. The Kier molecular flexibility index (Phi) is 5.27. The zero-order valence-electron chi connectivity index (χ0n) is 17.1. The summed E-state index contributed by atoms with van der Waals surface area (Å²) in [6.07, 6.45) is 2.37. The first kappa shape index (κ1) is 20.4. The van der Waals surface area contributed by atoms with Crippen LogP contribution in [0, 0.1) is 6.92 Å². The molecular weight excluding hydrogens is 402 g/mol. The van der Waals surface area contributed by atoms with Crippen molar-refractivity contribution in [2.45, 2.75) is 44.4 Å². The van der Waals surface area contributed by atoms with E-state index in [0.29, 0.717) is 38.0 Å². The summed E-state index contributed by atoms with van der Waals surface area (Å²) < 4.78 is 28.6. The van der Waals surface area contributed by atoms with Crippen molar-refractivity contribution in [2.24, 2.45) is 0 Å². The van der Waals surface area contributed by atoms with Crippen LogP contribution in [0.25, 0.3) is 0 Å². The zero-order valence-corrected chi connectivity index (χ0v) is 18.0. The first-order valence-electron chi connectivity index (χ1n) is 10.2. The van der Waals surface area contributed by atoms with Gasteiger partial charge in [-0.2, -0.15) is 0 Å². The molecule has 0 unspecified atom stereocenters. The Bertz CT molecular complexity index is 1130. The number of sulfonamides is 1. The maximum Gasteiger partial charge on any atom is 0.261 e. The molecule has 2 amide bonds. The van der Waals surface area contributed by atoms with Crippen LogP contribution in [0.3, 0.4) is 0 Å². The van der Waals surface area contributed by atoms with Gasteiger partial charge in [0.2, 0.25) is 11.8 Å². The van der Waals surface area contributed by atoms with Crippen LogP contribution in [0.15, 0.2) is 41.3 Å². The first-order valence-corrected chi connectivity index (χ1v) is 11.7. The van der Waals surface area contributed by atoms with E-state index in [1.54, 1.807) is 34.1 Å². The Morgan fingerprint density at radius 2 is 1.87 bits per heavy atom. The van der Waals surface area contributed by atoms with Gasteiger partial charge in [0.1, 0.15) is 0 Å². The van der Waals surface area contributed by atoms with Gasteiger partial charge >= 0.3 is 0 Å². The molecule has 0 aromatic heterocycles. The molecule has 1 saturated heterocycles. The Morgan fingerprint density at radius 1 is 1.07 bits per heavy atom. The predicted octanol–water partition coefficient (Wildman–Crippen LogP) is 3.22. The topological polar surface area (TPSA) is 86.8 Å². The standard InChI is InChI=1S/C22H25N3O4S/c1-3-21(26)25-12-10-16-13-18(8-9-19(16)25)30(28,29)23-17-7-6-15(2)20(14-17)24-11-4-5-22(24)27/h6-9,13-14,23H,3-5,10-12H2,1-2H3. The highest BCUT2D eigenvalue weighted by atomic mass is 32.2. The summed E-state index contributed by atoms with van der Waals surface area (Å²) in [6.45, 7) is 4.94. The predicted molar refractivity (Wildman–Crippen MR) is 116 cm³/mol. The third-order valence-corrected chi connectivity index (χ3v) is 7.06. The summed E-state index contributed by atoms with van der Waals surface area (Å²) in [5.74, 6) is 0.0917. The number of aryl methyl sites for hydroxylation is 1. The number of hydrogen-bond acceptors (Lipinski definition) is 4. The maximum absolute atomic E-state index is 13.0. The Hall–Kier alpha value is -2.87. The smallest absolute Gasteiger partial charge is 0.261 e. The average molecular weight is 428 g/mol. The number of nitrogens with zero attached hydrogens (tertiary/aromatic N) is 2. The molecule has 4 rings (SSSR count). The van der Waals surface area contributed by atoms with E-state index < -0.39 is 10.0 Å². The van der Waals surface area contributed by atoms with E-state index in [1.165, 1.54) is 6.07 Å². The van der Waals surface area contributed by atoms with Gasteiger partial charge in [-0.3, -0.25) is 14.3 Å². The number of carbonyl (C=O) groups excluding carboxylic acids is 2. The van der Waals surface area contributed by atoms with Crippen molar-refractivity contribution in [2.75, 3.05) is 27.6 Å². The van der Waals surface area contributed by atoms with Crippen LogP contribution >= 0.6 is 0 Å². The van der Waals surface area contributed by atoms with Gasteiger partial charge in [0, 0.05) is 37.3 Å². The summed E-state index contributed by atoms with van der Waals surface area (Å²) >= 11 is 0. The molecule has 2 aliphatic heterocycles. The summed E-state index contributed by atoms with van der Waals surface area (Å²) in [5.41, 5.74) is 3.71. The molecule has 1 N–H and O–H groups in total. The fraction of sp³-hybridized carbons (Fsp3) is 0.364. The van der Waals surface area contributed by atoms with Crippen LogP contribution in [0.1, 0.15) is 37.3 Å². The van der Waals surface area contributed by atoms with Crippen molar-refractivity contribution >= 4 is 38.9 Å². The molecule has 8 heteroatoms. The first-order chi connectivity index (χ1) is 14.3. The van der Waals surface area contributed by atoms with E-state index in [4.69, 9.17) is 0 Å². The minimum atomic E-state index is -3.80. The molecule has 158 valence electrons. The van der Waals surface area contributed by atoms with E-state index in [9.17, 15) is 18.0 Å². The quantitative estimate of drug-likeness (QED) is 0.794. The maximum atomic E-state index is 13.0. The Labute approximate surface area is 176 Å². The second kappa shape index (κ2) is 7.75. The largest absolute Gasteiger partial charge is 0.312 e. The number of rotatable bonds is 5. The van der Waals surface area contributed by atoms with Crippen LogP contribution in [-0.2, 0) is 26.0 Å². The molecule has 30 heavy (non-hydrogen) atoms. The highest BCUT2D eigenvalue weighted by Gasteiger charge is 2.27. The molecule has 0 aliphatic carbocycles. The summed E-state index contributed by atoms with van der Waals surface area (Å²) in [7, 11) is -3.80. The molecule has 0 radical (unpaired) electrons. The van der Waals surface area contributed by atoms with Crippen LogP contribution in [0.2, 0.25) is 0 Å². The number of amides is 2. The minimum absolute atomic E-state index is 0.0335. The second-order valence-corrected chi connectivity index (χ2v) is 9.38. The van der Waals surface area contributed by atoms with E-state index in [-0.39, 0.29) is 16.7 Å². The van der Waals surface area contributed by atoms with Gasteiger partial charge in [-0.15, -0.1) is 0 Å². The highest BCUT2D eigenvalue weighted by Crippen LogP contribution is 2.32. The van der Waals surface area contributed by atoms with Crippen molar-refractivity contribution < 1.29 is 18.0 Å². The van der Waals surface area contributed by atoms with Gasteiger partial charge in [0.25, 0.3) is 10.0 Å². The lowest BCUT2D eigenvalue weighted by Crippen LogP contribution is -2.27. The van der Waals surface area contributed by atoms with E-state index in [2.05, 4.69) is 4.72 Å². The highest BCUT2D eigenvalue weighted by molar-refractivity contribution is 7.92. The minimum Gasteiger partial charge on any atom is -0.312 e. The number of carbonyl (C=O) groups is 2. The molecule has 2 aromatic carbocycles. The number of benzene rings is 2. The lowest BCUT2D eigenvalue weighted by Gasteiger charge is -2.20. The van der Waals surface area contributed by atoms with Gasteiger partial charge in [-0.25, -0.2) is 8.42 Å². The van der Waals surface area contributed by atoms with Crippen molar-refractivity contribution in [3.63, 3.8) is 0 Å². The molecule has 7 nitrogen and oxygen atoms in total. The monoisotopic (exact) mass is 427 g/mol. The van der Waals surface area contributed by atoms with Crippen LogP contribution in [0.4, 0.5) is 17.1 Å². The van der Waals surface area contributed by atoms with Crippen molar-refractivity contribution in [3.05, 3.63) is 47.5 Å². The van der Waals surface area contributed by atoms with E-state index in [1.807, 2.05) is 19.9 Å². The summed E-state index contributed by atoms with van der Waals surface area (Å²) in [5, 5.41) is 0. The molecule has 2 heterocycles. The second-order valence-electron chi connectivity index (χ2n) is 7.70. The van der Waals surface area contributed by atoms with Gasteiger partial charge in [0.05, 0.1) is 10.6 Å². The van der Waals surface area contributed by atoms with Crippen molar-refractivity contribution in [1.29, 1.82) is 0 Å². The number of hydrogen-bond donors (Lipinski definition) is 1. The van der Waals surface area contributed by atoms with Gasteiger partial charge in [-0.1, -0.05) is 13.0 Å². The number of nitrogens with one attached hydrogen (secondary N) is 1. The summed E-state index contributed by atoms with van der Waals surface area (Å²) in [4.78, 5) is 27.7. The molecule has 2 aromatic rings. The van der Waals surface area contributed by atoms with Crippen LogP contribution < -0.4 is 14.5 Å². The van der Waals surface area contributed by atoms with Gasteiger partial charge in [-0.05, 0) is 61.2 Å². The van der Waals surface area contributed by atoms with E-state index >= 15 is 0 Å². The summed E-state index contributed by atoms with van der Waals surface area (Å²) in [6, 6.07) is 10.1. The molecule has 2 aliphatic rings. The SMILES string of the molecule is CCC(=O)N1CCc2cc(S(=O)(=O)Nc3ccc(C)c(N4CCCC4=O)c3)ccc21. The third kappa shape index (κ3) is 3.67. The molecule has 0 saturated carbocycles. The number of fused-ring (bicyclic) bond motifs is 1. The fourth-order valence-electron chi connectivity index (χ4n) is 4.08. The van der Waals surface area contributed by atoms with E-state index in [0.717, 1.165) is 28.9 Å². The normalized spacial score (nSPS) is 16.1.